The molecule has 0 radical (unpaired) electrons. The third kappa shape index (κ3) is 4.28. The fourth-order valence-corrected chi connectivity index (χ4v) is 1.71. The van der Waals surface area contributed by atoms with Crippen molar-refractivity contribution in [1.82, 2.24) is 15.0 Å². The highest BCUT2D eigenvalue weighted by molar-refractivity contribution is 9.10. The minimum atomic E-state index is -4.95. The van der Waals surface area contributed by atoms with Gasteiger partial charge in [-0.15, -0.1) is 5.10 Å². The Bertz CT molecular complexity index is 625. The molecule has 0 aliphatic carbocycles. The van der Waals surface area contributed by atoms with Gasteiger partial charge >= 0.3 is 6.18 Å². The summed E-state index contributed by atoms with van der Waals surface area (Å²) >= 11 is 3.28. The molecule has 1 aromatic heterocycles. The fourth-order valence-electron chi connectivity index (χ4n) is 1.44. The van der Waals surface area contributed by atoms with E-state index >= 15 is 0 Å². The van der Waals surface area contributed by atoms with Crippen LogP contribution in [0.4, 0.5) is 13.2 Å². The number of ether oxygens (including phenoxy) is 1. The van der Waals surface area contributed by atoms with Crippen molar-refractivity contribution in [3.8, 4) is 5.75 Å². The highest BCUT2D eigenvalue weighted by atomic mass is 79.9. The number of benzene rings is 1. The summed E-state index contributed by atoms with van der Waals surface area (Å²) in [6.45, 7) is 0.360. The minimum absolute atomic E-state index is 0.175. The van der Waals surface area contributed by atoms with Gasteiger partial charge in [0.15, 0.2) is 5.69 Å². The largest absolute Gasteiger partial charge is 0.492 e. The Morgan fingerprint density at radius 3 is 2.57 bits per heavy atom. The summed E-state index contributed by atoms with van der Waals surface area (Å²) in [7, 11) is 0. The van der Waals surface area contributed by atoms with Crippen LogP contribution < -0.4 is 4.74 Å². The van der Waals surface area contributed by atoms with E-state index in [0.29, 0.717) is 5.75 Å². The number of hydrogen-bond donors (Lipinski definition) is 0. The van der Waals surface area contributed by atoms with Crippen LogP contribution in [-0.2, 0) is 6.54 Å². The lowest BCUT2D eigenvalue weighted by Gasteiger charge is -2.05. The zero-order valence-corrected chi connectivity index (χ0v) is 12.1. The second-order valence-electron chi connectivity index (χ2n) is 4.00. The number of aromatic nitrogens is 3. The lowest BCUT2D eigenvalue weighted by atomic mass is 10.3. The topological polar surface area (TPSA) is 57.0 Å². The van der Waals surface area contributed by atoms with Gasteiger partial charge in [-0.1, -0.05) is 21.1 Å². The second kappa shape index (κ2) is 6.25. The predicted molar refractivity (Wildman–Crippen MR) is 70.0 cm³/mol. The van der Waals surface area contributed by atoms with Gasteiger partial charge in [0.2, 0.25) is 0 Å². The van der Waals surface area contributed by atoms with Gasteiger partial charge in [0.05, 0.1) is 12.7 Å². The van der Waals surface area contributed by atoms with Crippen LogP contribution in [0.1, 0.15) is 10.5 Å². The smallest absolute Gasteiger partial charge is 0.456 e. The molecule has 1 aromatic carbocycles. The number of rotatable bonds is 5. The van der Waals surface area contributed by atoms with E-state index in [2.05, 4.69) is 26.2 Å². The molecule has 0 aliphatic heterocycles. The number of alkyl halides is 3. The van der Waals surface area contributed by atoms with E-state index in [0.717, 1.165) is 15.4 Å². The Labute approximate surface area is 125 Å². The number of nitrogens with zero attached hydrogens (tertiary/aromatic N) is 3. The van der Waals surface area contributed by atoms with E-state index in [9.17, 15) is 18.0 Å². The summed E-state index contributed by atoms with van der Waals surface area (Å²) in [4.78, 5) is 10.9. The molecule has 9 heteroatoms. The highest BCUT2D eigenvalue weighted by Crippen LogP contribution is 2.20. The lowest BCUT2D eigenvalue weighted by Crippen LogP contribution is -2.23. The Hall–Kier alpha value is -1.90. The maximum atomic E-state index is 12.2. The van der Waals surface area contributed by atoms with E-state index < -0.39 is 17.7 Å². The van der Waals surface area contributed by atoms with Crippen LogP contribution in [0.5, 0.6) is 5.75 Å². The van der Waals surface area contributed by atoms with Gasteiger partial charge in [0.1, 0.15) is 12.4 Å². The molecule has 112 valence electrons. The first-order chi connectivity index (χ1) is 9.86. The third-order valence-corrected chi connectivity index (χ3v) is 2.96. The third-order valence-electron chi connectivity index (χ3n) is 2.43. The van der Waals surface area contributed by atoms with Gasteiger partial charge in [0, 0.05) is 4.47 Å². The van der Waals surface area contributed by atoms with Crippen LogP contribution in [0.15, 0.2) is 34.9 Å². The van der Waals surface area contributed by atoms with Gasteiger partial charge in [-0.05, 0) is 24.3 Å². The first-order valence-electron chi connectivity index (χ1n) is 5.76. The molecule has 21 heavy (non-hydrogen) atoms. The van der Waals surface area contributed by atoms with E-state index in [1.54, 1.807) is 24.3 Å². The molecule has 1 heterocycles. The fraction of sp³-hybridized carbons (Fsp3) is 0.250. The maximum absolute atomic E-state index is 12.2. The molecular weight excluding hydrogens is 355 g/mol. The molecule has 0 saturated heterocycles. The molecule has 5 nitrogen and oxygen atoms in total. The van der Waals surface area contributed by atoms with Crippen LogP contribution >= 0.6 is 15.9 Å². The summed E-state index contributed by atoms with van der Waals surface area (Å²) in [5.74, 6) is -1.40. The summed E-state index contributed by atoms with van der Waals surface area (Å²) in [5, 5.41) is 6.66. The molecular formula is C12H9BrF3N3O2. The molecule has 0 saturated carbocycles. The van der Waals surface area contributed by atoms with Crippen molar-refractivity contribution in [2.75, 3.05) is 6.61 Å². The standard InChI is InChI=1S/C12H9BrF3N3O2/c13-8-1-3-9(4-2-8)21-6-5-19-7-10(17-18-19)11(20)12(14,15)16/h1-4,7H,5-6H2. The average molecular weight is 364 g/mol. The van der Waals surface area contributed by atoms with Crippen molar-refractivity contribution in [3.05, 3.63) is 40.6 Å². The van der Waals surface area contributed by atoms with Crippen molar-refractivity contribution in [3.63, 3.8) is 0 Å². The number of carbonyl (C=O) groups is 1. The zero-order chi connectivity index (χ0) is 15.5. The molecule has 0 amide bonds. The monoisotopic (exact) mass is 363 g/mol. The first kappa shape index (κ1) is 15.5. The summed E-state index contributed by atoms with van der Waals surface area (Å²) < 4.78 is 44.0. The van der Waals surface area contributed by atoms with Crippen LogP contribution in [0.2, 0.25) is 0 Å². The van der Waals surface area contributed by atoms with Gasteiger partial charge in [0.25, 0.3) is 5.78 Å². The molecule has 2 aromatic rings. The van der Waals surface area contributed by atoms with Gasteiger partial charge in [-0.25, -0.2) is 4.68 Å². The van der Waals surface area contributed by atoms with Gasteiger partial charge < -0.3 is 4.74 Å². The summed E-state index contributed by atoms with van der Waals surface area (Å²) in [6, 6.07) is 7.07. The Kier molecular flexibility index (Phi) is 4.61. The molecule has 0 bridgehead atoms. The summed E-state index contributed by atoms with van der Waals surface area (Å²) in [6.07, 6.45) is -4.00. The number of carbonyl (C=O) groups excluding carboxylic acids is 1. The Balaban J connectivity index is 1.88. The quantitative estimate of drug-likeness (QED) is 0.766. The minimum Gasteiger partial charge on any atom is -0.492 e. The van der Waals surface area contributed by atoms with E-state index in [4.69, 9.17) is 4.74 Å². The Morgan fingerprint density at radius 2 is 1.95 bits per heavy atom. The number of Topliss-reactive ketones (excluding diaryl/α,β-unsaturated/α-hetero) is 1. The van der Waals surface area contributed by atoms with Gasteiger partial charge in [-0.2, -0.15) is 13.2 Å². The summed E-state index contributed by atoms with van der Waals surface area (Å²) in [5.41, 5.74) is -0.730. The molecule has 0 atom stereocenters. The zero-order valence-electron chi connectivity index (χ0n) is 10.5. The molecule has 2 rings (SSSR count). The van der Waals surface area contributed by atoms with Crippen molar-refractivity contribution in [2.24, 2.45) is 0 Å². The average Bonchev–Trinajstić information content (AvgIpc) is 2.88. The highest BCUT2D eigenvalue weighted by Gasteiger charge is 2.41. The van der Waals surface area contributed by atoms with Crippen molar-refractivity contribution in [1.29, 1.82) is 0 Å². The molecule has 0 fully saturated rings. The van der Waals surface area contributed by atoms with E-state index in [-0.39, 0.29) is 13.2 Å². The Morgan fingerprint density at radius 1 is 1.29 bits per heavy atom. The van der Waals surface area contributed by atoms with E-state index in [1.165, 1.54) is 0 Å². The van der Waals surface area contributed by atoms with Crippen molar-refractivity contribution < 1.29 is 22.7 Å². The van der Waals surface area contributed by atoms with Crippen LogP contribution in [0, 0.1) is 0 Å². The number of ketones is 1. The predicted octanol–water partition coefficient (Wildman–Crippen LogP) is 2.86. The number of hydrogen-bond acceptors (Lipinski definition) is 4. The maximum Gasteiger partial charge on any atom is 0.456 e. The number of halogens is 4. The first-order valence-corrected chi connectivity index (χ1v) is 6.55. The second-order valence-corrected chi connectivity index (χ2v) is 4.91. The van der Waals surface area contributed by atoms with Crippen LogP contribution in [0.25, 0.3) is 0 Å². The SMILES string of the molecule is O=C(c1cn(CCOc2ccc(Br)cc2)nn1)C(F)(F)F. The van der Waals surface area contributed by atoms with Crippen LogP contribution in [-0.4, -0.2) is 33.6 Å². The van der Waals surface area contributed by atoms with Crippen LogP contribution in [0.3, 0.4) is 0 Å². The molecule has 0 spiro atoms. The normalized spacial score (nSPS) is 11.4. The lowest BCUT2D eigenvalue weighted by molar-refractivity contribution is -0.0888. The molecule has 0 aliphatic rings. The van der Waals surface area contributed by atoms with Gasteiger partial charge in [-0.3, -0.25) is 4.79 Å². The molecule has 0 N–H and O–H groups in total. The van der Waals surface area contributed by atoms with E-state index in [1.807, 2.05) is 0 Å². The molecule has 0 unspecified atom stereocenters. The van der Waals surface area contributed by atoms with Crippen molar-refractivity contribution in [2.45, 2.75) is 12.7 Å². The van der Waals surface area contributed by atoms with Crippen molar-refractivity contribution >= 4 is 21.7 Å².